The molecule has 0 radical (unpaired) electrons. The van der Waals surface area contributed by atoms with Gasteiger partial charge in [-0.05, 0) is 36.6 Å². The van der Waals surface area contributed by atoms with Crippen molar-refractivity contribution in [3.63, 3.8) is 0 Å². The van der Waals surface area contributed by atoms with Crippen molar-refractivity contribution in [2.75, 3.05) is 6.61 Å². The van der Waals surface area contributed by atoms with E-state index in [2.05, 4.69) is 0 Å². The van der Waals surface area contributed by atoms with Gasteiger partial charge in [-0.15, -0.1) is 0 Å². The topological polar surface area (TPSA) is 66.8 Å². The van der Waals surface area contributed by atoms with E-state index in [0.717, 1.165) is 18.4 Å². The van der Waals surface area contributed by atoms with Crippen molar-refractivity contribution >= 4 is 11.9 Å². The SMILES string of the molecule is O=C(O)COc1cccc(C(=O)N(Cc2ccccc2)C2CC2)c1. The lowest BCUT2D eigenvalue weighted by molar-refractivity contribution is -0.139. The summed E-state index contributed by atoms with van der Waals surface area (Å²) in [5, 5.41) is 8.69. The molecule has 1 fully saturated rings. The van der Waals surface area contributed by atoms with Crippen LogP contribution in [-0.4, -0.2) is 34.5 Å². The molecule has 0 saturated heterocycles. The Morgan fingerprint density at radius 2 is 1.83 bits per heavy atom. The summed E-state index contributed by atoms with van der Waals surface area (Å²) >= 11 is 0. The minimum Gasteiger partial charge on any atom is -0.482 e. The Hall–Kier alpha value is -2.82. The molecule has 0 unspecified atom stereocenters. The number of amides is 1. The van der Waals surface area contributed by atoms with E-state index in [1.165, 1.54) is 0 Å². The second kappa shape index (κ2) is 7.17. The van der Waals surface area contributed by atoms with Gasteiger partial charge in [-0.3, -0.25) is 4.79 Å². The minimum atomic E-state index is -1.05. The Labute approximate surface area is 140 Å². The van der Waals surface area contributed by atoms with E-state index in [1.54, 1.807) is 24.3 Å². The smallest absolute Gasteiger partial charge is 0.341 e. The first-order valence-electron chi connectivity index (χ1n) is 7.93. The van der Waals surface area contributed by atoms with Crippen LogP contribution in [0, 0.1) is 0 Å². The molecular weight excluding hydrogens is 306 g/mol. The van der Waals surface area contributed by atoms with Crippen molar-refractivity contribution in [3.8, 4) is 5.75 Å². The number of ether oxygens (including phenoxy) is 1. The van der Waals surface area contributed by atoms with Gasteiger partial charge in [-0.1, -0.05) is 36.4 Å². The maximum Gasteiger partial charge on any atom is 0.341 e. The highest BCUT2D eigenvalue weighted by molar-refractivity contribution is 5.95. The average Bonchev–Trinajstić information content (AvgIpc) is 3.43. The maximum absolute atomic E-state index is 12.9. The maximum atomic E-state index is 12.9. The third-order valence-corrected chi connectivity index (χ3v) is 3.89. The van der Waals surface area contributed by atoms with E-state index in [1.807, 2.05) is 35.2 Å². The summed E-state index contributed by atoms with van der Waals surface area (Å²) in [7, 11) is 0. The van der Waals surface area contributed by atoms with Gasteiger partial charge in [-0.25, -0.2) is 4.79 Å². The Morgan fingerprint density at radius 1 is 1.08 bits per heavy atom. The first-order valence-corrected chi connectivity index (χ1v) is 7.93. The van der Waals surface area contributed by atoms with Gasteiger partial charge in [0.05, 0.1) is 0 Å². The summed E-state index contributed by atoms with van der Waals surface area (Å²) in [5.41, 5.74) is 1.61. The molecule has 2 aromatic carbocycles. The zero-order valence-corrected chi connectivity index (χ0v) is 13.2. The summed E-state index contributed by atoms with van der Waals surface area (Å²) in [6.07, 6.45) is 2.04. The highest BCUT2D eigenvalue weighted by Crippen LogP contribution is 2.30. The molecule has 1 saturated carbocycles. The molecule has 1 N–H and O–H groups in total. The summed E-state index contributed by atoms with van der Waals surface area (Å²) in [5.74, 6) is -0.712. The van der Waals surface area contributed by atoms with Gasteiger partial charge in [0.25, 0.3) is 5.91 Å². The highest BCUT2D eigenvalue weighted by Gasteiger charge is 2.33. The van der Waals surface area contributed by atoms with Crippen LogP contribution >= 0.6 is 0 Å². The molecule has 0 aliphatic heterocycles. The third-order valence-electron chi connectivity index (χ3n) is 3.89. The number of carbonyl (C=O) groups excluding carboxylic acids is 1. The zero-order valence-electron chi connectivity index (χ0n) is 13.2. The average molecular weight is 325 g/mol. The Balaban J connectivity index is 1.75. The van der Waals surface area contributed by atoms with Crippen molar-refractivity contribution in [2.45, 2.75) is 25.4 Å². The molecule has 2 aromatic rings. The monoisotopic (exact) mass is 325 g/mol. The first-order chi connectivity index (χ1) is 11.6. The summed E-state index contributed by atoms with van der Waals surface area (Å²) in [4.78, 5) is 25.4. The highest BCUT2D eigenvalue weighted by atomic mass is 16.5. The van der Waals surface area contributed by atoms with Crippen LogP contribution in [0.15, 0.2) is 54.6 Å². The van der Waals surface area contributed by atoms with E-state index in [4.69, 9.17) is 9.84 Å². The fourth-order valence-corrected chi connectivity index (χ4v) is 2.56. The predicted octanol–water partition coefficient (Wildman–Crippen LogP) is 2.95. The molecule has 5 nitrogen and oxygen atoms in total. The molecule has 3 rings (SSSR count). The standard InChI is InChI=1S/C19H19NO4/c21-18(22)13-24-17-8-4-7-15(11-17)19(23)20(16-9-10-16)12-14-5-2-1-3-6-14/h1-8,11,16H,9-10,12-13H2,(H,21,22). The minimum absolute atomic E-state index is 0.0536. The van der Waals surface area contributed by atoms with Crippen molar-refractivity contribution in [3.05, 3.63) is 65.7 Å². The molecule has 124 valence electrons. The summed E-state index contributed by atoms with van der Waals surface area (Å²) in [6.45, 7) is 0.151. The Kier molecular flexibility index (Phi) is 4.79. The van der Waals surface area contributed by atoms with Crippen molar-refractivity contribution < 1.29 is 19.4 Å². The largest absolute Gasteiger partial charge is 0.482 e. The number of hydrogen-bond acceptors (Lipinski definition) is 3. The van der Waals surface area contributed by atoms with Gasteiger partial charge in [0.2, 0.25) is 0 Å². The fraction of sp³-hybridized carbons (Fsp3) is 0.263. The molecule has 0 bridgehead atoms. The van der Waals surface area contributed by atoms with Crippen LogP contribution in [0.5, 0.6) is 5.75 Å². The normalized spacial score (nSPS) is 13.3. The number of hydrogen-bond donors (Lipinski definition) is 1. The molecule has 1 aliphatic rings. The van der Waals surface area contributed by atoms with Crippen LogP contribution < -0.4 is 4.74 Å². The van der Waals surface area contributed by atoms with E-state index < -0.39 is 12.6 Å². The number of carboxylic acid groups (broad SMARTS) is 1. The number of carboxylic acids is 1. The van der Waals surface area contributed by atoms with Gasteiger partial charge in [0, 0.05) is 18.2 Å². The van der Waals surface area contributed by atoms with E-state index in [0.29, 0.717) is 17.9 Å². The molecule has 0 aromatic heterocycles. The predicted molar refractivity (Wildman–Crippen MR) is 88.9 cm³/mol. The van der Waals surface area contributed by atoms with Crippen LogP contribution in [0.1, 0.15) is 28.8 Å². The lowest BCUT2D eigenvalue weighted by Gasteiger charge is -2.23. The first kappa shape index (κ1) is 16.1. The van der Waals surface area contributed by atoms with E-state index in [9.17, 15) is 9.59 Å². The van der Waals surface area contributed by atoms with Crippen molar-refractivity contribution in [1.82, 2.24) is 4.90 Å². The quantitative estimate of drug-likeness (QED) is 0.850. The third kappa shape index (κ3) is 4.13. The van der Waals surface area contributed by atoms with Crippen LogP contribution in [0.4, 0.5) is 0 Å². The van der Waals surface area contributed by atoms with Gasteiger partial charge in [0.15, 0.2) is 6.61 Å². The molecule has 0 spiro atoms. The second-order valence-corrected chi connectivity index (χ2v) is 5.86. The van der Waals surface area contributed by atoms with Crippen LogP contribution in [0.3, 0.4) is 0 Å². The Morgan fingerprint density at radius 3 is 2.50 bits per heavy atom. The van der Waals surface area contributed by atoms with Crippen molar-refractivity contribution in [1.29, 1.82) is 0 Å². The summed E-state index contributed by atoms with van der Waals surface area (Å²) < 4.78 is 5.16. The van der Waals surface area contributed by atoms with Crippen LogP contribution in [0.2, 0.25) is 0 Å². The lowest BCUT2D eigenvalue weighted by Crippen LogP contribution is -2.32. The van der Waals surface area contributed by atoms with Crippen LogP contribution in [-0.2, 0) is 11.3 Å². The fourth-order valence-electron chi connectivity index (χ4n) is 2.56. The second-order valence-electron chi connectivity index (χ2n) is 5.86. The number of nitrogens with zero attached hydrogens (tertiary/aromatic N) is 1. The van der Waals surface area contributed by atoms with E-state index in [-0.39, 0.29) is 11.9 Å². The van der Waals surface area contributed by atoms with Gasteiger partial charge in [-0.2, -0.15) is 0 Å². The summed E-state index contributed by atoms with van der Waals surface area (Å²) in [6, 6.07) is 16.9. The molecule has 1 aliphatic carbocycles. The van der Waals surface area contributed by atoms with Crippen LogP contribution in [0.25, 0.3) is 0 Å². The van der Waals surface area contributed by atoms with Crippen molar-refractivity contribution in [2.24, 2.45) is 0 Å². The molecule has 24 heavy (non-hydrogen) atoms. The van der Waals surface area contributed by atoms with E-state index >= 15 is 0 Å². The number of benzene rings is 2. The number of carbonyl (C=O) groups is 2. The lowest BCUT2D eigenvalue weighted by atomic mass is 10.1. The zero-order chi connectivity index (χ0) is 16.9. The van der Waals surface area contributed by atoms with Gasteiger partial charge >= 0.3 is 5.97 Å². The molecule has 1 amide bonds. The molecular formula is C19H19NO4. The van der Waals surface area contributed by atoms with Gasteiger partial charge in [0.1, 0.15) is 5.75 Å². The molecule has 0 heterocycles. The molecule has 0 atom stereocenters. The number of aliphatic carboxylic acids is 1. The van der Waals surface area contributed by atoms with Gasteiger partial charge < -0.3 is 14.7 Å². The molecule has 5 heteroatoms. The number of rotatable bonds is 7. The Bertz CT molecular complexity index is 725.